The van der Waals surface area contributed by atoms with Gasteiger partial charge in [-0.3, -0.25) is 0 Å². The molecule has 0 spiro atoms. The van der Waals surface area contributed by atoms with Gasteiger partial charge in [0.1, 0.15) is 5.75 Å². The van der Waals surface area contributed by atoms with E-state index in [0.29, 0.717) is 23.9 Å². The van der Waals surface area contributed by atoms with Gasteiger partial charge in [0.25, 0.3) is 0 Å². The number of aliphatic hydroxyl groups excluding tert-OH is 1. The molecule has 3 nitrogen and oxygen atoms in total. The molecule has 3 aliphatic carbocycles. The number of fused-ring (bicyclic) bond motifs is 5. The SMILES string of the molecule is COc1ccc2c(c1)C[C@@H](CCCO)[C@H]1C3=CC[C@H](O[Si](C)(C)C(C)(C)C)[C@@]3(C)CC[C@H]21. The number of rotatable bonds is 6. The van der Waals surface area contributed by atoms with Crippen molar-refractivity contribution in [1.82, 2.24) is 0 Å². The van der Waals surface area contributed by atoms with Gasteiger partial charge in [-0.05, 0) is 97.7 Å². The van der Waals surface area contributed by atoms with Gasteiger partial charge in [0.2, 0.25) is 0 Å². The third-order valence-corrected chi connectivity index (χ3v) is 13.9. The minimum Gasteiger partial charge on any atom is -0.497 e. The molecule has 0 heterocycles. The molecule has 0 unspecified atom stereocenters. The Labute approximate surface area is 196 Å². The van der Waals surface area contributed by atoms with Crippen LogP contribution in [0.1, 0.15) is 76.8 Å². The van der Waals surface area contributed by atoms with Gasteiger partial charge in [0, 0.05) is 12.0 Å². The van der Waals surface area contributed by atoms with Crippen molar-refractivity contribution in [2.24, 2.45) is 17.3 Å². The third-order valence-electron chi connectivity index (χ3n) is 9.40. The Kier molecular flexibility index (Phi) is 6.46. The molecule has 178 valence electrons. The topological polar surface area (TPSA) is 38.7 Å². The average molecular weight is 457 g/mol. The zero-order valence-corrected chi connectivity index (χ0v) is 22.3. The normalized spacial score (nSPS) is 32.1. The maximum atomic E-state index is 9.60. The van der Waals surface area contributed by atoms with Crippen LogP contribution in [0.5, 0.6) is 5.75 Å². The van der Waals surface area contributed by atoms with Gasteiger partial charge in [-0.1, -0.05) is 45.4 Å². The Morgan fingerprint density at radius 3 is 2.62 bits per heavy atom. The molecule has 0 aliphatic heterocycles. The Bertz CT molecular complexity index is 868. The van der Waals surface area contributed by atoms with E-state index in [1.165, 1.54) is 24.0 Å². The second-order valence-electron chi connectivity index (χ2n) is 12.2. The van der Waals surface area contributed by atoms with Crippen LogP contribution < -0.4 is 4.74 Å². The predicted octanol–water partition coefficient (Wildman–Crippen LogP) is 6.86. The maximum absolute atomic E-state index is 9.60. The molecule has 1 saturated carbocycles. The van der Waals surface area contributed by atoms with E-state index in [0.717, 1.165) is 31.4 Å². The van der Waals surface area contributed by atoms with Crippen LogP contribution in [-0.4, -0.2) is 33.2 Å². The van der Waals surface area contributed by atoms with E-state index in [9.17, 15) is 5.11 Å². The number of ether oxygens (including phenoxy) is 1. The zero-order valence-electron chi connectivity index (χ0n) is 21.3. The standard InChI is InChI=1S/C28H44O3Si/c1-27(2,3)32(6,7)31-25-13-12-24-26-19(9-8-16-29)17-20-18-21(30-5)10-11-22(20)23(26)14-15-28(24,25)4/h10-12,18-19,23,25-26,29H,8-9,13-17H2,1-7H3/t19-,23-,25+,26-,28+/m1/s1. The van der Waals surface area contributed by atoms with E-state index >= 15 is 0 Å². The summed E-state index contributed by atoms with van der Waals surface area (Å²) in [4.78, 5) is 0. The van der Waals surface area contributed by atoms with Crippen LogP contribution in [0.25, 0.3) is 0 Å². The van der Waals surface area contributed by atoms with Crippen LogP contribution in [-0.2, 0) is 10.8 Å². The van der Waals surface area contributed by atoms with E-state index in [4.69, 9.17) is 9.16 Å². The summed E-state index contributed by atoms with van der Waals surface area (Å²) < 4.78 is 12.6. The van der Waals surface area contributed by atoms with Crippen molar-refractivity contribution in [3.8, 4) is 5.75 Å². The van der Waals surface area contributed by atoms with Crippen LogP contribution in [0.4, 0.5) is 0 Å². The van der Waals surface area contributed by atoms with Crippen molar-refractivity contribution in [3.05, 3.63) is 41.0 Å². The number of aliphatic hydroxyl groups is 1. The third kappa shape index (κ3) is 4.01. The highest BCUT2D eigenvalue weighted by atomic mass is 28.4. The number of hydrogen-bond donors (Lipinski definition) is 1. The molecule has 3 aliphatic rings. The lowest BCUT2D eigenvalue weighted by Gasteiger charge is -2.52. The van der Waals surface area contributed by atoms with Crippen LogP contribution >= 0.6 is 0 Å². The van der Waals surface area contributed by atoms with Gasteiger partial charge in [0.05, 0.1) is 13.2 Å². The lowest BCUT2D eigenvalue weighted by molar-refractivity contribution is 0.0458. The molecule has 1 fully saturated rings. The molecule has 1 aromatic carbocycles. The van der Waals surface area contributed by atoms with Crippen LogP contribution in [0.15, 0.2) is 29.8 Å². The molecule has 4 rings (SSSR count). The molecular formula is C28H44O3Si. The summed E-state index contributed by atoms with van der Waals surface area (Å²) >= 11 is 0. The molecule has 0 amide bonds. The maximum Gasteiger partial charge on any atom is 0.192 e. The van der Waals surface area contributed by atoms with Crippen molar-refractivity contribution in [2.75, 3.05) is 13.7 Å². The summed E-state index contributed by atoms with van der Waals surface area (Å²) in [5.41, 5.74) is 4.82. The van der Waals surface area contributed by atoms with Gasteiger partial charge in [0.15, 0.2) is 8.32 Å². The molecule has 4 heteroatoms. The van der Waals surface area contributed by atoms with E-state index in [2.05, 4.69) is 65.1 Å². The summed E-state index contributed by atoms with van der Waals surface area (Å²) in [5.74, 6) is 2.71. The Morgan fingerprint density at radius 2 is 1.97 bits per heavy atom. The second-order valence-corrected chi connectivity index (χ2v) is 17.0. The predicted molar refractivity (Wildman–Crippen MR) is 135 cm³/mol. The second kappa shape index (κ2) is 8.59. The average Bonchev–Trinajstić information content (AvgIpc) is 3.06. The fourth-order valence-electron chi connectivity index (χ4n) is 6.52. The minimum absolute atomic E-state index is 0.151. The quantitative estimate of drug-likeness (QED) is 0.375. The van der Waals surface area contributed by atoms with Gasteiger partial charge in [-0.15, -0.1) is 0 Å². The molecule has 5 atom stereocenters. The summed E-state index contributed by atoms with van der Waals surface area (Å²) in [6.07, 6.45) is 9.45. The van der Waals surface area contributed by atoms with Crippen molar-refractivity contribution in [3.63, 3.8) is 0 Å². The first-order valence-electron chi connectivity index (χ1n) is 12.7. The molecule has 1 aromatic rings. The van der Waals surface area contributed by atoms with Crippen molar-refractivity contribution in [1.29, 1.82) is 0 Å². The van der Waals surface area contributed by atoms with Crippen LogP contribution in [0.3, 0.4) is 0 Å². The van der Waals surface area contributed by atoms with Gasteiger partial charge in [-0.25, -0.2) is 0 Å². The Balaban J connectivity index is 1.66. The zero-order chi connectivity index (χ0) is 23.3. The van der Waals surface area contributed by atoms with E-state index < -0.39 is 8.32 Å². The Hall–Kier alpha value is -1.10. The number of benzene rings is 1. The molecule has 0 aromatic heterocycles. The molecule has 0 radical (unpaired) electrons. The summed E-state index contributed by atoms with van der Waals surface area (Å²) in [6.45, 7) is 14.6. The Morgan fingerprint density at radius 1 is 1.22 bits per heavy atom. The van der Waals surface area contributed by atoms with E-state index in [1.54, 1.807) is 12.7 Å². The summed E-state index contributed by atoms with van der Waals surface area (Å²) in [5, 5.41) is 9.84. The first-order chi connectivity index (χ1) is 15.0. The minimum atomic E-state index is -1.82. The highest BCUT2D eigenvalue weighted by Gasteiger charge is 2.55. The van der Waals surface area contributed by atoms with Crippen molar-refractivity contribution >= 4 is 8.32 Å². The van der Waals surface area contributed by atoms with Crippen molar-refractivity contribution in [2.45, 2.75) is 96.4 Å². The first-order valence-corrected chi connectivity index (χ1v) is 15.6. The molecule has 0 bridgehead atoms. The highest BCUT2D eigenvalue weighted by molar-refractivity contribution is 6.74. The summed E-state index contributed by atoms with van der Waals surface area (Å²) in [6, 6.07) is 6.73. The number of hydrogen-bond acceptors (Lipinski definition) is 3. The molecular weight excluding hydrogens is 412 g/mol. The van der Waals surface area contributed by atoms with Gasteiger partial charge < -0.3 is 14.3 Å². The molecule has 1 N–H and O–H groups in total. The number of methoxy groups -OCH3 is 1. The van der Waals surface area contributed by atoms with Crippen molar-refractivity contribution < 1.29 is 14.3 Å². The van der Waals surface area contributed by atoms with E-state index in [-0.39, 0.29) is 17.1 Å². The summed E-state index contributed by atoms with van der Waals surface area (Å²) in [7, 11) is -0.0648. The fraction of sp³-hybridized carbons (Fsp3) is 0.714. The van der Waals surface area contributed by atoms with Gasteiger partial charge >= 0.3 is 0 Å². The lowest BCUT2D eigenvalue weighted by atomic mass is 9.54. The monoisotopic (exact) mass is 456 g/mol. The smallest absolute Gasteiger partial charge is 0.192 e. The fourth-order valence-corrected chi connectivity index (χ4v) is 7.94. The first kappa shape index (κ1) is 24.0. The molecule has 32 heavy (non-hydrogen) atoms. The largest absolute Gasteiger partial charge is 0.497 e. The highest BCUT2D eigenvalue weighted by Crippen LogP contribution is 2.61. The lowest BCUT2D eigenvalue weighted by Crippen LogP contribution is -2.50. The van der Waals surface area contributed by atoms with Crippen LogP contribution in [0, 0.1) is 17.3 Å². The van der Waals surface area contributed by atoms with E-state index in [1.807, 2.05) is 0 Å². The van der Waals surface area contributed by atoms with Crippen LogP contribution in [0.2, 0.25) is 18.1 Å². The van der Waals surface area contributed by atoms with Gasteiger partial charge in [-0.2, -0.15) is 0 Å². The molecule has 0 saturated heterocycles.